The molecule has 0 saturated heterocycles. The molecule has 0 aliphatic rings. The van der Waals surface area contributed by atoms with Crippen molar-refractivity contribution in [2.24, 2.45) is 0 Å². The lowest BCUT2D eigenvalue weighted by atomic mass is 9.88. The van der Waals surface area contributed by atoms with Gasteiger partial charge in [-0.3, -0.25) is 24.7 Å². The number of aromatic nitrogens is 1. The van der Waals surface area contributed by atoms with Gasteiger partial charge in [0.1, 0.15) is 6.04 Å². The highest BCUT2D eigenvalue weighted by molar-refractivity contribution is 5.97. The molecule has 0 saturated carbocycles. The summed E-state index contributed by atoms with van der Waals surface area (Å²) in [6.45, 7) is 0. The van der Waals surface area contributed by atoms with E-state index in [1.165, 1.54) is 55.9 Å². The number of nitrogens with zero attached hydrogens (tertiary/aromatic N) is 2. The number of rotatable bonds is 8. The molecular weight excluding hydrogens is 382 g/mol. The fraction of sp³-hybridized carbons (Fsp3) is 0.263. The third kappa shape index (κ3) is 5.58. The number of methoxy groups -OCH3 is 2. The zero-order chi connectivity index (χ0) is 21.4. The Kier molecular flexibility index (Phi) is 7.35. The molecule has 2 rings (SSSR count). The van der Waals surface area contributed by atoms with Crippen LogP contribution in [-0.4, -0.2) is 48.0 Å². The van der Waals surface area contributed by atoms with Gasteiger partial charge in [0.05, 0.1) is 25.6 Å². The van der Waals surface area contributed by atoms with Crippen molar-refractivity contribution in [3.05, 3.63) is 70.0 Å². The third-order valence-electron chi connectivity index (χ3n) is 4.23. The number of nitrogens with one attached hydrogen (secondary N) is 1. The Bertz CT molecular complexity index is 884. The van der Waals surface area contributed by atoms with E-state index in [1.807, 2.05) is 0 Å². The van der Waals surface area contributed by atoms with Crippen LogP contribution in [0.4, 0.5) is 5.69 Å². The Hall–Kier alpha value is -3.82. The highest BCUT2D eigenvalue weighted by atomic mass is 16.6. The monoisotopic (exact) mass is 401 g/mol. The van der Waals surface area contributed by atoms with Gasteiger partial charge in [-0.15, -0.1) is 0 Å². The molecule has 10 heteroatoms. The van der Waals surface area contributed by atoms with Crippen molar-refractivity contribution < 1.29 is 28.8 Å². The number of carbonyl (C=O) groups is 3. The maximum atomic E-state index is 12.6. The topological polar surface area (TPSA) is 138 Å². The highest BCUT2D eigenvalue weighted by Gasteiger charge is 2.34. The molecule has 152 valence electrons. The van der Waals surface area contributed by atoms with E-state index in [1.54, 1.807) is 0 Å². The number of hydrogen-bond acceptors (Lipinski definition) is 8. The molecule has 0 bridgehead atoms. The lowest BCUT2D eigenvalue weighted by molar-refractivity contribution is -0.384. The smallest absolute Gasteiger partial charge is 0.329 e. The van der Waals surface area contributed by atoms with Crippen LogP contribution < -0.4 is 5.32 Å². The van der Waals surface area contributed by atoms with Gasteiger partial charge in [0.25, 0.3) is 11.6 Å². The molecule has 0 unspecified atom stereocenters. The molecule has 0 aliphatic carbocycles. The van der Waals surface area contributed by atoms with E-state index in [0.717, 1.165) is 7.11 Å². The van der Waals surface area contributed by atoms with Crippen LogP contribution in [0.15, 0.2) is 48.8 Å². The zero-order valence-corrected chi connectivity index (χ0v) is 15.7. The van der Waals surface area contributed by atoms with Gasteiger partial charge in [-0.05, 0) is 17.7 Å². The van der Waals surface area contributed by atoms with E-state index in [2.05, 4.69) is 10.3 Å². The van der Waals surface area contributed by atoms with Crippen molar-refractivity contribution in [3.63, 3.8) is 0 Å². The van der Waals surface area contributed by atoms with Crippen molar-refractivity contribution in [1.29, 1.82) is 0 Å². The summed E-state index contributed by atoms with van der Waals surface area (Å²) in [6.07, 6.45) is 2.58. The number of ether oxygens (including phenoxy) is 2. The van der Waals surface area contributed by atoms with Crippen LogP contribution in [0.2, 0.25) is 0 Å². The summed E-state index contributed by atoms with van der Waals surface area (Å²) in [7, 11) is 2.34. The van der Waals surface area contributed by atoms with Crippen LogP contribution in [0.25, 0.3) is 0 Å². The molecule has 10 nitrogen and oxygen atoms in total. The van der Waals surface area contributed by atoms with Crippen LogP contribution >= 0.6 is 0 Å². The Morgan fingerprint density at radius 2 is 1.69 bits per heavy atom. The second-order valence-corrected chi connectivity index (χ2v) is 5.95. The molecule has 0 fully saturated rings. The Morgan fingerprint density at radius 1 is 1.07 bits per heavy atom. The quantitative estimate of drug-likeness (QED) is 0.400. The van der Waals surface area contributed by atoms with E-state index in [9.17, 15) is 24.5 Å². The number of hydrogen-bond donors (Lipinski definition) is 1. The number of non-ortho nitro benzene ring substituents is 1. The van der Waals surface area contributed by atoms with E-state index >= 15 is 0 Å². The van der Waals surface area contributed by atoms with Crippen LogP contribution in [0.3, 0.4) is 0 Å². The van der Waals surface area contributed by atoms with Gasteiger partial charge in [-0.25, -0.2) is 4.79 Å². The molecule has 1 aromatic carbocycles. The van der Waals surface area contributed by atoms with E-state index in [4.69, 9.17) is 9.47 Å². The minimum absolute atomic E-state index is 0.152. The third-order valence-corrected chi connectivity index (χ3v) is 4.23. The molecule has 29 heavy (non-hydrogen) atoms. The molecule has 1 amide bonds. The Labute approximate surface area is 166 Å². The first-order valence-electron chi connectivity index (χ1n) is 8.47. The molecule has 2 atom stereocenters. The van der Waals surface area contributed by atoms with Crippen LogP contribution in [0.5, 0.6) is 0 Å². The Balaban J connectivity index is 2.40. The summed E-state index contributed by atoms with van der Waals surface area (Å²) in [6, 6.07) is 7.02. The summed E-state index contributed by atoms with van der Waals surface area (Å²) in [5, 5.41) is 13.5. The maximum Gasteiger partial charge on any atom is 0.329 e. The number of nitro benzene ring substituents is 1. The fourth-order valence-electron chi connectivity index (χ4n) is 2.71. The number of nitro groups is 1. The van der Waals surface area contributed by atoms with E-state index in [0.29, 0.717) is 5.56 Å². The van der Waals surface area contributed by atoms with Crippen molar-refractivity contribution >= 4 is 23.5 Å². The minimum Gasteiger partial charge on any atom is -0.469 e. The number of pyridine rings is 1. The zero-order valence-electron chi connectivity index (χ0n) is 15.7. The summed E-state index contributed by atoms with van der Waals surface area (Å²) in [5.41, 5.74) is 0.529. The number of esters is 2. The first-order valence-corrected chi connectivity index (χ1v) is 8.47. The summed E-state index contributed by atoms with van der Waals surface area (Å²) in [4.78, 5) is 51.1. The van der Waals surface area contributed by atoms with Gasteiger partial charge in [0.15, 0.2) is 0 Å². The number of benzene rings is 1. The predicted molar refractivity (Wildman–Crippen MR) is 100.0 cm³/mol. The normalized spacial score (nSPS) is 12.3. The molecular formula is C19H19N3O7. The summed E-state index contributed by atoms with van der Waals surface area (Å²) in [5.74, 6) is -2.85. The van der Waals surface area contributed by atoms with Gasteiger partial charge in [0, 0.05) is 36.0 Å². The van der Waals surface area contributed by atoms with Crippen molar-refractivity contribution in [2.45, 2.75) is 18.4 Å². The molecule has 2 aromatic rings. The van der Waals surface area contributed by atoms with Crippen LogP contribution in [0.1, 0.15) is 28.3 Å². The first kappa shape index (κ1) is 21.5. The lowest BCUT2D eigenvalue weighted by Gasteiger charge is -2.26. The van der Waals surface area contributed by atoms with Gasteiger partial charge in [-0.1, -0.05) is 12.1 Å². The van der Waals surface area contributed by atoms with Gasteiger partial charge in [-0.2, -0.15) is 0 Å². The largest absolute Gasteiger partial charge is 0.469 e. The van der Waals surface area contributed by atoms with Crippen LogP contribution in [0, 0.1) is 10.1 Å². The second kappa shape index (κ2) is 9.93. The SMILES string of the molecule is COC(=O)C[C@@H](c1ccc([N+](=O)[O-])cc1)[C@H](NC(=O)c1ccncc1)C(=O)OC. The van der Waals surface area contributed by atoms with Crippen molar-refractivity contribution in [1.82, 2.24) is 10.3 Å². The molecule has 1 N–H and O–H groups in total. The van der Waals surface area contributed by atoms with Gasteiger partial charge < -0.3 is 14.8 Å². The lowest BCUT2D eigenvalue weighted by Crippen LogP contribution is -2.46. The summed E-state index contributed by atoms with van der Waals surface area (Å²) >= 11 is 0. The molecule has 1 heterocycles. The van der Waals surface area contributed by atoms with Gasteiger partial charge >= 0.3 is 11.9 Å². The second-order valence-electron chi connectivity index (χ2n) is 5.95. The van der Waals surface area contributed by atoms with Crippen molar-refractivity contribution in [2.75, 3.05) is 14.2 Å². The maximum absolute atomic E-state index is 12.6. The average Bonchev–Trinajstić information content (AvgIpc) is 2.75. The highest BCUT2D eigenvalue weighted by Crippen LogP contribution is 2.27. The fourth-order valence-corrected chi connectivity index (χ4v) is 2.71. The average molecular weight is 401 g/mol. The van der Waals surface area contributed by atoms with Gasteiger partial charge in [0.2, 0.25) is 0 Å². The molecule has 0 spiro atoms. The predicted octanol–water partition coefficient (Wildman–Crippen LogP) is 1.61. The minimum atomic E-state index is -1.23. The Morgan fingerprint density at radius 3 is 2.21 bits per heavy atom. The van der Waals surface area contributed by atoms with Crippen LogP contribution in [-0.2, 0) is 19.1 Å². The molecule has 1 aromatic heterocycles. The first-order chi connectivity index (χ1) is 13.9. The summed E-state index contributed by atoms with van der Waals surface area (Å²) < 4.78 is 9.50. The standard InChI is InChI=1S/C19H19N3O7/c1-28-16(23)11-15(12-3-5-14(6-4-12)22(26)27)17(19(25)29-2)21-18(24)13-7-9-20-10-8-13/h3-10,15,17H,11H2,1-2H3,(H,21,24)/t15-,17-/m0/s1. The van der Waals surface area contributed by atoms with Crippen molar-refractivity contribution in [3.8, 4) is 0 Å². The molecule has 0 aliphatic heterocycles. The van der Waals surface area contributed by atoms with E-state index in [-0.39, 0.29) is 17.7 Å². The number of carbonyl (C=O) groups excluding carboxylic acids is 3. The molecule has 0 radical (unpaired) electrons. The van der Waals surface area contributed by atoms with E-state index < -0.39 is 34.7 Å². The number of amides is 1.